The third-order valence-corrected chi connectivity index (χ3v) is 4.60. The first kappa shape index (κ1) is 13.8. The number of ether oxygens (including phenoxy) is 1. The Hall–Kier alpha value is -1.88. The van der Waals surface area contributed by atoms with Crippen LogP contribution in [0.2, 0.25) is 0 Å². The lowest BCUT2D eigenvalue weighted by Crippen LogP contribution is -2.31. The summed E-state index contributed by atoms with van der Waals surface area (Å²) in [5, 5.41) is 0. The molecule has 1 aliphatic heterocycles. The Bertz CT molecular complexity index is 705. The molecule has 0 radical (unpaired) electrons. The van der Waals surface area contributed by atoms with Gasteiger partial charge in [0.2, 0.25) is 0 Å². The standard InChI is InChI=1S/C17H21N3O2/c1-12-16(20-8-3-2-4-15(20)18-12)17(21)19-9-7-14(10-19)22-11-13-5-6-13/h2-4,8,13-14H,5-7,9-11H2,1H3. The summed E-state index contributed by atoms with van der Waals surface area (Å²) >= 11 is 0. The van der Waals surface area contributed by atoms with Crippen molar-refractivity contribution in [2.45, 2.75) is 32.3 Å². The molecule has 0 spiro atoms. The summed E-state index contributed by atoms with van der Waals surface area (Å²) in [5.41, 5.74) is 2.29. The van der Waals surface area contributed by atoms with Crippen molar-refractivity contribution in [1.82, 2.24) is 14.3 Å². The molecule has 1 aliphatic carbocycles. The lowest BCUT2D eigenvalue weighted by molar-refractivity contribution is 0.0478. The van der Waals surface area contributed by atoms with Crippen LogP contribution in [0.5, 0.6) is 0 Å². The minimum absolute atomic E-state index is 0.0636. The lowest BCUT2D eigenvalue weighted by atomic mass is 10.3. The molecule has 2 fully saturated rings. The fourth-order valence-corrected chi connectivity index (χ4v) is 3.13. The van der Waals surface area contributed by atoms with Gasteiger partial charge in [0.25, 0.3) is 5.91 Å². The number of hydrogen-bond acceptors (Lipinski definition) is 3. The minimum Gasteiger partial charge on any atom is -0.376 e. The molecular formula is C17H21N3O2. The van der Waals surface area contributed by atoms with Gasteiger partial charge in [-0.25, -0.2) is 4.98 Å². The number of nitrogens with zero attached hydrogens (tertiary/aromatic N) is 3. The summed E-state index contributed by atoms with van der Waals surface area (Å²) in [6.07, 6.45) is 5.64. The third kappa shape index (κ3) is 2.50. The second-order valence-corrected chi connectivity index (χ2v) is 6.41. The molecular weight excluding hydrogens is 278 g/mol. The van der Waals surface area contributed by atoms with Crippen LogP contribution in [0.3, 0.4) is 0 Å². The van der Waals surface area contributed by atoms with Crippen LogP contribution in [0, 0.1) is 12.8 Å². The zero-order chi connectivity index (χ0) is 15.1. The topological polar surface area (TPSA) is 46.8 Å². The maximum Gasteiger partial charge on any atom is 0.272 e. The summed E-state index contributed by atoms with van der Waals surface area (Å²) in [5.74, 6) is 0.833. The summed E-state index contributed by atoms with van der Waals surface area (Å²) in [4.78, 5) is 19.2. The first-order valence-corrected chi connectivity index (χ1v) is 8.07. The summed E-state index contributed by atoms with van der Waals surface area (Å²) in [6, 6.07) is 5.79. The maximum atomic E-state index is 12.8. The van der Waals surface area contributed by atoms with Crippen molar-refractivity contribution in [2.75, 3.05) is 19.7 Å². The molecule has 1 unspecified atom stereocenters. The average molecular weight is 299 g/mol. The highest BCUT2D eigenvalue weighted by atomic mass is 16.5. The Kier molecular flexibility index (Phi) is 3.37. The Balaban J connectivity index is 1.50. The number of likely N-dealkylation sites (tertiary alicyclic amines) is 1. The molecule has 2 aromatic heterocycles. The van der Waals surface area contributed by atoms with E-state index >= 15 is 0 Å². The van der Waals surface area contributed by atoms with Crippen molar-refractivity contribution in [3.8, 4) is 0 Å². The highest BCUT2D eigenvalue weighted by Crippen LogP contribution is 2.30. The number of pyridine rings is 1. The highest BCUT2D eigenvalue weighted by molar-refractivity contribution is 5.94. The van der Waals surface area contributed by atoms with Crippen molar-refractivity contribution in [1.29, 1.82) is 0 Å². The zero-order valence-electron chi connectivity index (χ0n) is 12.9. The van der Waals surface area contributed by atoms with Crippen molar-refractivity contribution < 1.29 is 9.53 Å². The van der Waals surface area contributed by atoms with Gasteiger partial charge in [0, 0.05) is 25.9 Å². The number of amides is 1. The van der Waals surface area contributed by atoms with Crippen LogP contribution in [0.25, 0.3) is 5.65 Å². The van der Waals surface area contributed by atoms with E-state index in [0.29, 0.717) is 12.2 Å². The number of fused-ring (bicyclic) bond motifs is 1. The minimum atomic E-state index is 0.0636. The Morgan fingerprint density at radius 1 is 1.36 bits per heavy atom. The molecule has 0 N–H and O–H groups in total. The Morgan fingerprint density at radius 3 is 3.05 bits per heavy atom. The van der Waals surface area contributed by atoms with Crippen LogP contribution < -0.4 is 0 Å². The summed E-state index contributed by atoms with van der Waals surface area (Å²) in [6.45, 7) is 4.23. The third-order valence-electron chi connectivity index (χ3n) is 4.60. The van der Waals surface area contributed by atoms with Crippen LogP contribution >= 0.6 is 0 Å². The number of hydrogen-bond donors (Lipinski definition) is 0. The fourth-order valence-electron chi connectivity index (χ4n) is 3.13. The molecule has 0 bridgehead atoms. The van der Waals surface area contributed by atoms with E-state index in [2.05, 4.69) is 4.98 Å². The van der Waals surface area contributed by atoms with Crippen LogP contribution in [-0.2, 0) is 4.74 Å². The maximum absolute atomic E-state index is 12.8. The van der Waals surface area contributed by atoms with Gasteiger partial charge in [-0.1, -0.05) is 6.07 Å². The molecule has 5 nitrogen and oxygen atoms in total. The monoisotopic (exact) mass is 299 g/mol. The van der Waals surface area contributed by atoms with Gasteiger partial charge in [-0.05, 0) is 44.2 Å². The molecule has 22 heavy (non-hydrogen) atoms. The lowest BCUT2D eigenvalue weighted by Gasteiger charge is -2.17. The molecule has 1 saturated heterocycles. The predicted molar refractivity (Wildman–Crippen MR) is 82.9 cm³/mol. The van der Waals surface area contributed by atoms with Crippen molar-refractivity contribution in [3.05, 3.63) is 35.8 Å². The van der Waals surface area contributed by atoms with Gasteiger partial charge in [0.05, 0.1) is 11.8 Å². The molecule has 0 aromatic carbocycles. The molecule has 4 rings (SSSR count). The molecule has 1 atom stereocenters. The highest BCUT2D eigenvalue weighted by Gasteiger charge is 2.31. The number of aryl methyl sites for hydroxylation is 1. The van der Waals surface area contributed by atoms with E-state index in [9.17, 15) is 4.79 Å². The average Bonchev–Trinajstić information content (AvgIpc) is 3.12. The number of rotatable bonds is 4. The number of carbonyl (C=O) groups excluding carboxylic acids is 1. The normalized spacial score (nSPS) is 21.7. The van der Waals surface area contributed by atoms with Gasteiger partial charge in [-0.3, -0.25) is 9.20 Å². The van der Waals surface area contributed by atoms with Gasteiger partial charge in [0.1, 0.15) is 11.3 Å². The Labute approximate surface area is 129 Å². The van der Waals surface area contributed by atoms with E-state index in [4.69, 9.17) is 4.74 Å². The van der Waals surface area contributed by atoms with Crippen LogP contribution in [0.15, 0.2) is 24.4 Å². The second-order valence-electron chi connectivity index (χ2n) is 6.41. The van der Waals surface area contributed by atoms with Crippen molar-refractivity contribution in [2.24, 2.45) is 5.92 Å². The molecule has 3 heterocycles. The SMILES string of the molecule is Cc1nc2ccccn2c1C(=O)N1CCC(OCC2CC2)C1. The predicted octanol–water partition coefficient (Wildman–Crippen LogP) is 2.28. The van der Waals surface area contributed by atoms with Gasteiger partial charge < -0.3 is 9.64 Å². The van der Waals surface area contributed by atoms with Gasteiger partial charge in [-0.2, -0.15) is 0 Å². The van der Waals surface area contributed by atoms with Crippen LogP contribution in [0.4, 0.5) is 0 Å². The largest absolute Gasteiger partial charge is 0.376 e. The van der Waals surface area contributed by atoms with Crippen LogP contribution in [-0.4, -0.2) is 46.0 Å². The quantitative estimate of drug-likeness (QED) is 0.870. The summed E-state index contributed by atoms with van der Waals surface area (Å²) in [7, 11) is 0. The van der Waals surface area contributed by atoms with E-state index in [-0.39, 0.29) is 12.0 Å². The molecule has 2 aromatic rings. The summed E-state index contributed by atoms with van der Waals surface area (Å²) < 4.78 is 7.81. The molecule has 1 saturated carbocycles. The van der Waals surface area contributed by atoms with Gasteiger partial charge in [0.15, 0.2) is 0 Å². The molecule has 2 aliphatic rings. The Morgan fingerprint density at radius 2 is 2.23 bits per heavy atom. The first-order valence-electron chi connectivity index (χ1n) is 8.07. The van der Waals surface area contributed by atoms with Gasteiger partial charge in [-0.15, -0.1) is 0 Å². The van der Waals surface area contributed by atoms with E-state index in [1.165, 1.54) is 12.8 Å². The smallest absolute Gasteiger partial charge is 0.272 e. The van der Waals surface area contributed by atoms with E-state index < -0.39 is 0 Å². The van der Waals surface area contributed by atoms with Crippen LogP contribution in [0.1, 0.15) is 35.4 Å². The second kappa shape index (κ2) is 5.39. The van der Waals surface area contributed by atoms with E-state index in [0.717, 1.165) is 36.8 Å². The number of carbonyl (C=O) groups is 1. The first-order chi connectivity index (χ1) is 10.7. The fraction of sp³-hybridized carbons (Fsp3) is 0.529. The number of imidazole rings is 1. The molecule has 1 amide bonds. The van der Waals surface area contributed by atoms with E-state index in [1.54, 1.807) is 0 Å². The van der Waals surface area contributed by atoms with Crippen molar-refractivity contribution in [3.63, 3.8) is 0 Å². The van der Waals surface area contributed by atoms with Crippen molar-refractivity contribution >= 4 is 11.6 Å². The van der Waals surface area contributed by atoms with E-state index in [1.807, 2.05) is 40.6 Å². The van der Waals surface area contributed by atoms with Gasteiger partial charge >= 0.3 is 0 Å². The number of aromatic nitrogens is 2. The molecule has 5 heteroatoms. The zero-order valence-corrected chi connectivity index (χ0v) is 12.9. The molecule has 116 valence electrons.